The van der Waals surface area contributed by atoms with Crippen molar-refractivity contribution in [1.29, 1.82) is 0 Å². The number of amides is 1. The zero-order valence-corrected chi connectivity index (χ0v) is 11.4. The second kappa shape index (κ2) is 5.46. The fourth-order valence-corrected chi connectivity index (χ4v) is 3.01. The van der Waals surface area contributed by atoms with Crippen LogP contribution in [0.25, 0.3) is 0 Å². The number of carbonyl (C=O) groups is 2. The molecule has 0 spiro atoms. The molecule has 1 fully saturated rings. The van der Waals surface area contributed by atoms with Crippen LogP contribution in [0.3, 0.4) is 0 Å². The van der Waals surface area contributed by atoms with Crippen LogP contribution < -0.4 is 5.32 Å². The zero-order valence-electron chi connectivity index (χ0n) is 11.4. The van der Waals surface area contributed by atoms with Crippen LogP contribution in [0.15, 0.2) is 24.3 Å². The Morgan fingerprint density at radius 2 is 1.90 bits per heavy atom. The molecule has 1 aromatic rings. The fourth-order valence-electron chi connectivity index (χ4n) is 3.01. The van der Waals surface area contributed by atoms with Gasteiger partial charge in [-0.05, 0) is 24.0 Å². The molecule has 6 nitrogen and oxygen atoms in total. The van der Waals surface area contributed by atoms with Crippen LogP contribution in [0.1, 0.15) is 30.0 Å². The number of ether oxygens (including phenoxy) is 1. The highest BCUT2D eigenvalue weighted by molar-refractivity contribution is 5.83. The molecule has 1 amide bonds. The van der Waals surface area contributed by atoms with Gasteiger partial charge in [0.05, 0.1) is 12.1 Å². The monoisotopic (exact) mass is 291 g/mol. The van der Waals surface area contributed by atoms with Gasteiger partial charge in [0.15, 0.2) is 6.10 Å². The van der Waals surface area contributed by atoms with Crippen LogP contribution >= 0.6 is 0 Å². The van der Waals surface area contributed by atoms with E-state index in [2.05, 4.69) is 5.32 Å². The lowest BCUT2D eigenvalue weighted by molar-refractivity contribution is -0.152. The smallest absolute Gasteiger partial charge is 0.332 e. The first-order valence-corrected chi connectivity index (χ1v) is 7.01. The molecule has 6 heteroatoms. The summed E-state index contributed by atoms with van der Waals surface area (Å²) in [7, 11) is 0. The van der Waals surface area contributed by atoms with Gasteiger partial charge in [0.25, 0.3) is 0 Å². The Morgan fingerprint density at radius 3 is 2.62 bits per heavy atom. The Balaban J connectivity index is 1.67. The van der Waals surface area contributed by atoms with Crippen molar-refractivity contribution in [2.45, 2.75) is 43.6 Å². The minimum Gasteiger partial charge on any atom is -0.479 e. The van der Waals surface area contributed by atoms with Crippen LogP contribution in [0, 0.1) is 0 Å². The number of aliphatic hydroxyl groups excluding tert-OH is 1. The maximum Gasteiger partial charge on any atom is 0.332 e. The predicted molar refractivity (Wildman–Crippen MR) is 72.6 cm³/mol. The number of aliphatic hydroxyl groups is 1. The topological polar surface area (TPSA) is 95.9 Å². The average molecular weight is 291 g/mol. The van der Waals surface area contributed by atoms with Gasteiger partial charge in [-0.15, -0.1) is 0 Å². The molecule has 2 aliphatic rings. The lowest BCUT2D eigenvalue weighted by Gasteiger charge is -2.20. The number of rotatable bonds is 3. The van der Waals surface area contributed by atoms with Crippen LogP contribution in [0.4, 0.5) is 0 Å². The molecule has 1 heterocycles. The summed E-state index contributed by atoms with van der Waals surface area (Å²) in [6.45, 7) is 0. The summed E-state index contributed by atoms with van der Waals surface area (Å²) >= 11 is 0. The number of fused-ring (bicyclic) bond motifs is 1. The van der Waals surface area contributed by atoms with Crippen molar-refractivity contribution in [2.24, 2.45) is 0 Å². The minimum absolute atomic E-state index is 0.331. The molecular weight excluding hydrogens is 274 g/mol. The highest BCUT2D eigenvalue weighted by Gasteiger charge is 2.38. The van der Waals surface area contributed by atoms with Gasteiger partial charge in [-0.2, -0.15) is 0 Å². The molecule has 1 aliphatic heterocycles. The first-order chi connectivity index (χ1) is 10.1. The Bertz CT molecular complexity index is 573. The normalized spacial score (nSPS) is 30.9. The number of carboxylic acid groups (broad SMARTS) is 1. The molecule has 0 bridgehead atoms. The average Bonchev–Trinajstić information content (AvgIpc) is 3.05. The highest BCUT2D eigenvalue weighted by atomic mass is 16.5. The lowest BCUT2D eigenvalue weighted by atomic mass is 10.1. The van der Waals surface area contributed by atoms with E-state index in [9.17, 15) is 14.7 Å². The van der Waals surface area contributed by atoms with E-state index >= 15 is 0 Å². The highest BCUT2D eigenvalue weighted by Crippen LogP contribution is 2.31. The first kappa shape index (κ1) is 14.0. The third-order valence-corrected chi connectivity index (χ3v) is 4.09. The molecular formula is C15H17NO5. The molecule has 3 rings (SSSR count). The van der Waals surface area contributed by atoms with Crippen molar-refractivity contribution < 1.29 is 24.5 Å². The Morgan fingerprint density at radius 1 is 1.19 bits per heavy atom. The maximum absolute atomic E-state index is 12.2. The Hall–Kier alpha value is -1.92. The van der Waals surface area contributed by atoms with Gasteiger partial charge in [-0.25, -0.2) is 4.79 Å². The van der Waals surface area contributed by atoms with Crippen LogP contribution in [0.5, 0.6) is 0 Å². The van der Waals surface area contributed by atoms with Crippen molar-refractivity contribution in [3.8, 4) is 0 Å². The van der Waals surface area contributed by atoms with Gasteiger partial charge in [-0.1, -0.05) is 24.3 Å². The van der Waals surface area contributed by atoms with Crippen LogP contribution in [0.2, 0.25) is 0 Å². The second-order valence-electron chi connectivity index (χ2n) is 5.49. The van der Waals surface area contributed by atoms with Crippen molar-refractivity contribution in [2.75, 3.05) is 0 Å². The molecule has 1 aliphatic carbocycles. The Kier molecular flexibility index (Phi) is 3.65. The predicted octanol–water partition coefficient (Wildman–Crippen LogP) is 0.393. The summed E-state index contributed by atoms with van der Waals surface area (Å²) in [6, 6.07) is 7.11. The van der Waals surface area contributed by atoms with Crippen LogP contribution in [-0.2, 0) is 20.7 Å². The van der Waals surface area contributed by atoms with Gasteiger partial charge in [0.2, 0.25) is 5.91 Å². The maximum atomic E-state index is 12.2. The van der Waals surface area contributed by atoms with Gasteiger partial charge < -0.3 is 20.3 Å². The van der Waals surface area contributed by atoms with Gasteiger partial charge >= 0.3 is 5.97 Å². The first-order valence-electron chi connectivity index (χ1n) is 7.01. The van der Waals surface area contributed by atoms with Gasteiger partial charge in [0.1, 0.15) is 6.10 Å². The molecule has 3 N–H and O–H groups in total. The summed E-state index contributed by atoms with van der Waals surface area (Å²) in [4.78, 5) is 23.0. The van der Waals surface area contributed by atoms with E-state index in [1.54, 1.807) is 0 Å². The SMILES string of the molecule is O=C(N[C@@H]1c2ccccc2C[C@@H]1O)[C@@H]1CC[C@H](C(=O)O)O1. The van der Waals surface area contributed by atoms with Crippen molar-refractivity contribution in [3.63, 3.8) is 0 Å². The van der Waals surface area contributed by atoms with Crippen molar-refractivity contribution in [1.82, 2.24) is 5.32 Å². The molecule has 21 heavy (non-hydrogen) atoms. The van der Waals surface area contributed by atoms with Gasteiger partial charge in [0, 0.05) is 6.42 Å². The quantitative estimate of drug-likeness (QED) is 0.749. The summed E-state index contributed by atoms with van der Waals surface area (Å²) in [6.07, 6.45) is -1.12. The van der Waals surface area contributed by atoms with E-state index in [4.69, 9.17) is 9.84 Å². The summed E-state index contributed by atoms with van der Waals surface area (Å²) in [5, 5.41) is 21.7. The fraction of sp³-hybridized carbons (Fsp3) is 0.467. The van der Waals surface area contributed by atoms with Gasteiger partial charge in [-0.3, -0.25) is 4.79 Å². The summed E-state index contributed by atoms with van der Waals surface area (Å²) in [5.74, 6) is -1.41. The Labute approximate surface area is 121 Å². The van der Waals surface area contributed by atoms with E-state index in [1.165, 1.54) is 0 Å². The van der Waals surface area contributed by atoms with E-state index < -0.39 is 30.3 Å². The third kappa shape index (κ3) is 2.64. The summed E-state index contributed by atoms with van der Waals surface area (Å²) in [5.41, 5.74) is 1.93. The molecule has 0 unspecified atom stereocenters. The molecule has 0 saturated carbocycles. The standard InChI is InChI=1S/C15H17NO5/c17-10-7-8-3-1-2-4-9(8)13(10)16-14(18)11-5-6-12(21-11)15(19)20/h1-4,10-13,17H,5-7H2,(H,16,18)(H,19,20)/t10-,11-,12+,13+/m0/s1. The molecule has 0 aromatic heterocycles. The number of carboxylic acids is 1. The zero-order chi connectivity index (χ0) is 15.0. The molecule has 0 radical (unpaired) electrons. The number of benzene rings is 1. The number of aliphatic carboxylic acids is 1. The number of carbonyl (C=O) groups excluding carboxylic acids is 1. The molecule has 112 valence electrons. The number of hydrogen-bond donors (Lipinski definition) is 3. The van der Waals surface area contributed by atoms with E-state index in [-0.39, 0.29) is 5.91 Å². The van der Waals surface area contributed by atoms with E-state index in [0.29, 0.717) is 19.3 Å². The molecule has 4 atom stereocenters. The molecule has 1 saturated heterocycles. The largest absolute Gasteiger partial charge is 0.479 e. The summed E-state index contributed by atoms with van der Waals surface area (Å²) < 4.78 is 5.22. The number of hydrogen-bond acceptors (Lipinski definition) is 4. The van der Waals surface area contributed by atoms with E-state index in [1.807, 2.05) is 24.3 Å². The van der Waals surface area contributed by atoms with E-state index in [0.717, 1.165) is 11.1 Å². The second-order valence-corrected chi connectivity index (χ2v) is 5.49. The molecule has 1 aromatic carbocycles. The lowest BCUT2D eigenvalue weighted by Crippen LogP contribution is -2.40. The number of nitrogens with one attached hydrogen (secondary N) is 1. The third-order valence-electron chi connectivity index (χ3n) is 4.09. The van der Waals surface area contributed by atoms with Crippen molar-refractivity contribution in [3.05, 3.63) is 35.4 Å². The van der Waals surface area contributed by atoms with Crippen molar-refractivity contribution >= 4 is 11.9 Å². The van der Waals surface area contributed by atoms with Crippen LogP contribution in [-0.4, -0.2) is 40.4 Å². The minimum atomic E-state index is -1.04.